The molecule has 0 radical (unpaired) electrons. The van der Waals surface area contributed by atoms with Gasteiger partial charge in [-0.1, -0.05) is 29.8 Å². The van der Waals surface area contributed by atoms with E-state index in [-0.39, 0.29) is 18.4 Å². The molecule has 1 unspecified atom stereocenters. The first kappa shape index (κ1) is 19.5. The third-order valence-electron chi connectivity index (χ3n) is 3.90. The largest absolute Gasteiger partial charge is 0.444 e. The van der Waals surface area contributed by atoms with Crippen LogP contribution in [0.15, 0.2) is 24.3 Å². The molecule has 0 spiro atoms. The quantitative estimate of drug-likeness (QED) is 0.888. The number of amides is 2. The van der Waals surface area contributed by atoms with Crippen LogP contribution < -0.4 is 0 Å². The van der Waals surface area contributed by atoms with Crippen LogP contribution in [0.4, 0.5) is 4.79 Å². The van der Waals surface area contributed by atoms with Crippen molar-refractivity contribution >= 4 is 23.6 Å². The average Bonchev–Trinajstić information content (AvgIpc) is 2.55. The molecule has 1 aromatic rings. The summed E-state index contributed by atoms with van der Waals surface area (Å²) in [4.78, 5) is 27.6. The molecule has 1 aromatic carbocycles. The zero-order chi connectivity index (χ0) is 18.6. The molecule has 1 aliphatic heterocycles. The number of hydrogen-bond acceptors (Lipinski definition) is 4. The number of aliphatic hydroxyl groups is 1. The van der Waals surface area contributed by atoms with Crippen molar-refractivity contribution in [2.75, 3.05) is 26.2 Å². The predicted octanol–water partition coefficient (Wildman–Crippen LogP) is 2.32. The van der Waals surface area contributed by atoms with Crippen LogP contribution in [0.25, 0.3) is 0 Å². The smallest absolute Gasteiger partial charge is 0.410 e. The lowest BCUT2D eigenvalue weighted by atomic mass is 10.1. The third kappa shape index (κ3) is 5.61. The fourth-order valence-corrected chi connectivity index (χ4v) is 2.82. The van der Waals surface area contributed by atoms with Gasteiger partial charge in [-0.2, -0.15) is 0 Å². The van der Waals surface area contributed by atoms with E-state index in [1.807, 2.05) is 26.8 Å². The van der Waals surface area contributed by atoms with Crippen LogP contribution in [0, 0.1) is 0 Å². The van der Waals surface area contributed by atoms with Gasteiger partial charge in [0.25, 0.3) is 5.91 Å². The zero-order valence-electron chi connectivity index (χ0n) is 14.9. The molecular formula is C18H25ClN2O4. The topological polar surface area (TPSA) is 70.1 Å². The van der Waals surface area contributed by atoms with Crippen LogP contribution in [0.2, 0.25) is 5.02 Å². The zero-order valence-corrected chi connectivity index (χ0v) is 15.6. The second kappa shape index (κ2) is 8.06. The van der Waals surface area contributed by atoms with E-state index in [9.17, 15) is 14.7 Å². The highest BCUT2D eigenvalue weighted by atomic mass is 35.5. The van der Waals surface area contributed by atoms with E-state index in [4.69, 9.17) is 16.3 Å². The molecule has 2 amide bonds. The minimum absolute atomic E-state index is 0.171. The monoisotopic (exact) mass is 368 g/mol. The van der Waals surface area contributed by atoms with Crippen molar-refractivity contribution < 1.29 is 19.4 Å². The number of nitrogens with zero attached hydrogens (tertiary/aromatic N) is 2. The molecule has 1 fully saturated rings. The highest BCUT2D eigenvalue weighted by Gasteiger charge is 2.30. The lowest BCUT2D eigenvalue weighted by molar-refractivity contribution is -0.141. The molecule has 1 saturated heterocycles. The van der Waals surface area contributed by atoms with E-state index >= 15 is 0 Å². The van der Waals surface area contributed by atoms with E-state index in [2.05, 4.69) is 0 Å². The van der Waals surface area contributed by atoms with Crippen LogP contribution in [-0.2, 0) is 16.0 Å². The van der Waals surface area contributed by atoms with Gasteiger partial charge in [-0.3, -0.25) is 4.79 Å². The highest BCUT2D eigenvalue weighted by molar-refractivity contribution is 6.31. The summed E-state index contributed by atoms with van der Waals surface area (Å²) in [6, 6.07) is 7.14. The summed E-state index contributed by atoms with van der Waals surface area (Å²) >= 11 is 6.07. The molecule has 1 aliphatic rings. The normalized spacial score (nSPS) is 16.5. The molecule has 1 heterocycles. The van der Waals surface area contributed by atoms with E-state index in [0.717, 1.165) is 5.56 Å². The first-order valence-electron chi connectivity index (χ1n) is 8.35. The number of piperazine rings is 1. The highest BCUT2D eigenvalue weighted by Crippen LogP contribution is 2.18. The standard InChI is InChI=1S/C18H25ClN2O4/c1-18(2,3)25-17(24)21-10-8-20(9-11-21)16(23)15(22)12-13-6-4-5-7-14(13)19/h4-7,15,22H,8-12H2,1-3H3. The fourth-order valence-electron chi connectivity index (χ4n) is 2.61. The molecule has 0 saturated carbocycles. The molecule has 7 heteroatoms. The van der Waals surface area contributed by atoms with Crippen molar-refractivity contribution in [3.05, 3.63) is 34.9 Å². The molecule has 0 aromatic heterocycles. The number of hydrogen-bond donors (Lipinski definition) is 1. The number of halogens is 1. The Morgan fingerprint density at radius 1 is 1.16 bits per heavy atom. The Balaban J connectivity index is 1.86. The first-order chi connectivity index (χ1) is 11.7. The fraction of sp³-hybridized carbons (Fsp3) is 0.556. The van der Waals surface area contributed by atoms with E-state index in [1.54, 1.807) is 28.0 Å². The van der Waals surface area contributed by atoms with Crippen molar-refractivity contribution in [3.8, 4) is 0 Å². The first-order valence-corrected chi connectivity index (χ1v) is 8.73. The molecular weight excluding hydrogens is 344 g/mol. The number of benzene rings is 1. The van der Waals surface area contributed by atoms with Gasteiger partial charge in [-0.05, 0) is 32.4 Å². The second-order valence-electron chi connectivity index (χ2n) is 7.10. The van der Waals surface area contributed by atoms with Gasteiger partial charge in [0.05, 0.1) is 0 Å². The van der Waals surface area contributed by atoms with E-state index in [1.165, 1.54) is 0 Å². The molecule has 138 valence electrons. The minimum atomic E-state index is -1.15. The lowest BCUT2D eigenvalue weighted by Crippen LogP contribution is -2.53. The van der Waals surface area contributed by atoms with Gasteiger partial charge in [0.15, 0.2) is 0 Å². The number of carbonyl (C=O) groups excluding carboxylic acids is 2. The lowest BCUT2D eigenvalue weighted by Gasteiger charge is -2.36. The Morgan fingerprint density at radius 3 is 2.28 bits per heavy atom. The van der Waals surface area contributed by atoms with Gasteiger partial charge >= 0.3 is 6.09 Å². The van der Waals surface area contributed by atoms with Crippen LogP contribution in [-0.4, -0.2) is 64.8 Å². The Bertz CT molecular complexity index is 622. The minimum Gasteiger partial charge on any atom is -0.444 e. The van der Waals surface area contributed by atoms with Crippen molar-refractivity contribution in [3.63, 3.8) is 0 Å². The summed E-state index contributed by atoms with van der Waals surface area (Å²) in [7, 11) is 0. The molecule has 2 rings (SSSR count). The van der Waals surface area contributed by atoms with Gasteiger partial charge in [-0.15, -0.1) is 0 Å². The maximum Gasteiger partial charge on any atom is 0.410 e. The van der Waals surface area contributed by atoms with Crippen molar-refractivity contribution in [1.82, 2.24) is 9.80 Å². The third-order valence-corrected chi connectivity index (χ3v) is 4.27. The molecule has 0 bridgehead atoms. The van der Waals surface area contributed by atoms with Crippen molar-refractivity contribution in [1.29, 1.82) is 0 Å². The molecule has 1 atom stereocenters. The van der Waals surface area contributed by atoms with Crippen molar-refractivity contribution in [2.45, 2.75) is 38.9 Å². The van der Waals surface area contributed by atoms with Gasteiger partial charge in [0.1, 0.15) is 11.7 Å². The van der Waals surface area contributed by atoms with Crippen molar-refractivity contribution in [2.24, 2.45) is 0 Å². The maximum absolute atomic E-state index is 12.4. The molecule has 6 nitrogen and oxygen atoms in total. The Labute approximate surface area is 153 Å². The number of ether oxygens (including phenoxy) is 1. The Kier molecular flexibility index (Phi) is 6.30. The second-order valence-corrected chi connectivity index (χ2v) is 7.51. The summed E-state index contributed by atoms with van der Waals surface area (Å²) in [6.07, 6.45) is -1.35. The Hall–Kier alpha value is -1.79. The number of aliphatic hydroxyl groups excluding tert-OH is 1. The van der Waals surface area contributed by atoms with Gasteiger partial charge < -0.3 is 19.6 Å². The average molecular weight is 369 g/mol. The van der Waals surface area contributed by atoms with Crippen LogP contribution in [0.1, 0.15) is 26.3 Å². The van der Waals surface area contributed by atoms with E-state index < -0.39 is 11.7 Å². The number of rotatable bonds is 3. The Morgan fingerprint density at radius 2 is 1.72 bits per heavy atom. The summed E-state index contributed by atoms with van der Waals surface area (Å²) in [5, 5.41) is 10.8. The van der Waals surface area contributed by atoms with Crippen LogP contribution in [0.3, 0.4) is 0 Å². The number of carbonyl (C=O) groups is 2. The SMILES string of the molecule is CC(C)(C)OC(=O)N1CCN(C(=O)C(O)Cc2ccccc2Cl)CC1. The molecule has 25 heavy (non-hydrogen) atoms. The van der Waals surface area contributed by atoms with Gasteiger partial charge in [0.2, 0.25) is 0 Å². The maximum atomic E-state index is 12.4. The summed E-state index contributed by atoms with van der Waals surface area (Å²) in [5.41, 5.74) is 0.187. The van der Waals surface area contributed by atoms with Crippen LogP contribution in [0.5, 0.6) is 0 Å². The molecule has 0 aliphatic carbocycles. The van der Waals surface area contributed by atoms with Gasteiger partial charge in [0, 0.05) is 37.6 Å². The summed E-state index contributed by atoms with van der Waals surface area (Å²) in [6.45, 7) is 6.97. The van der Waals surface area contributed by atoms with Crippen LogP contribution >= 0.6 is 11.6 Å². The molecule has 1 N–H and O–H groups in total. The predicted molar refractivity (Wildman–Crippen MR) is 95.5 cm³/mol. The van der Waals surface area contributed by atoms with Gasteiger partial charge in [-0.25, -0.2) is 4.79 Å². The van der Waals surface area contributed by atoms with E-state index in [0.29, 0.717) is 31.2 Å². The summed E-state index contributed by atoms with van der Waals surface area (Å²) in [5.74, 6) is -0.344. The summed E-state index contributed by atoms with van der Waals surface area (Å²) < 4.78 is 5.33.